The number of unbranched alkanes of at least 4 members (excludes halogenated alkanes) is 13. The van der Waals surface area contributed by atoms with Gasteiger partial charge in [-0.25, -0.2) is 0 Å². The number of phenolic OH excluding ortho intramolecular Hbond substituents is 1. The van der Waals surface area contributed by atoms with E-state index in [0.29, 0.717) is 5.75 Å². The highest BCUT2D eigenvalue weighted by atomic mass is 16.3. The minimum Gasteiger partial charge on any atom is -0.507 e. The van der Waals surface area contributed by atoms with Crippen LogP contribution in [0.25, 0.3) is 0 Å². The summed E-state index contributed by atoms with van der Waals surface area (Å²) in [5.74, 6) is 0.463. The van der Waals surface area contributed by atoms with Crippen LogP contribution in [0.1, 0.15) is 114 Å². The standard InChI is InChI=1S/C24H42O/c1-4-5-6-7-8-9-10-11-12-13-14-15-16-17-18-23-19-21(2)24(25)22(3)20-23/h19-20,25H,4-18H2,1-3H3. The van der Waals surface area contributed by atoms with Crippen LogP contribution >= 0.6 is 0 Å². The summed E-state index contributed by atoms with van der Waals surface area (Å²) in [6, 6.07) is 4.29. The largest absolute Gasteiger partial charge is 0.507 e. The predicted octanol–water partition coefficient (Wildman–Crippen LogP) is 8.03. The second-order valence-electron chi connectivity index (χ2n) is 7.92. The van der Waals surface area contributed by atoms with Crippen LogP contribution in [0.4, 0.5) is 0 Å². The Balaban J connectivity index is 1.89. The average Bonchev–Trinajstić information content (AvgIpc) is 2.60. The van der Waals surface area contributed by atoms with Gasteiger partial charge in [-0.2, -0.15) is 0 Å². The zero-order valence-corrected chi connectivity index (χ0v) is 17.2. The maximum atomic E-state index is 9.83. The lowest BCUT2D eigenvalue weighted by Crippen LogP contribution is -1.90. The summed E-state index contributed by atoms with van der Waals surface area (Å²) in [5, 5.41) is 9.83. The fourth-order valence-corrected chi connectivity index (χ4v) is 3.71. The van der Waals surface area contributed by atoms with Gasteiger partial charge in [0.25, 0.3) is 0 Å². The molecule has 0 amide bonds. The van der Waals surface area contributed by atoms with Crippen molar-refractivity contribution in [2.24, 2.45) is 0 Å². The first-order valence-electron chi connectivity index (χ1n) is 10.9. The van der Waals surface area contributed by atoms with E-state index < -0.39 is 0 Å². The van der Waals surface area contributed by atoms with Gasteiger partial charge in [-0.1, -0.05) is 103 Å². The predicted molar refractivity (Wildman–Crippen MR) is 112 cm³/mol. The molecule has 0 aliphatic carbocycles. The molecule has 0 aliphatic rings. The number of rotatable bonds is 15. The van der Waals surface area contributed by atoms with Crippen molar-refractivity contribution in [1.29, 1.82) is 0 Å². The Morgan fingerprint density at radius 3 is 1.36 bits per heavy atom. The van der Waals surface area contributed by atoms with Crippen LogP contribution in [0.3, 0.4) is 0 Å². The third-order valence-electron chi connectivity index (χ3n) is 5.37. The first kappa shape index (κ1) is 22.1. The molecule has 0 spiro atoms. The van der Waals surface area contributed by atoms with Crippen LogP contribution in [0.15, 0.2) is 12.1 Å². The van der Waals surface area contributed by atoms with E-state index in [0.717, 1.165) is 17.5 Å². The molecule has 0 bridgehead atoms. The van der Waals surface area contributed by atoms with Gasteiger partial charge in [-0.05, 0) is 43.4 Å². The second-order valence-corrected chi connectivity index (χ2v) is 7.92. The highest BCUT2D eigenvalue weighted by Gasteiger charge is 2.03. The van der Waals surface area contributed by atoms with E-state index in [-0.39, 0.29) is 0 Å². The number of aromatic hydroxyl groups is 1. The molecular formula is C24H42O. The van der Waals surface area contributed by atoms with Gasteiger partial charge < -0.3 is 5.11 Å². The molecule has 1 aromatic rings. The lowest BCUT2D eigenvalue weighted by Gasteiger charge is -2.08. The van der Waals surface area contributed by atoms with E-state index in [1.807, 2.05) is 13.8 Å². The Kier molecular flexibility index (Phi) is 12.5. The van der Waals surface area contributed by atoms with Crippen molar-refractivity contribution in [3.05, 3.63) is 28.8 Å². The minimum atomic E-state index is 0.463. The van der Waals surface area contributed by atoms with E-state index in [1.165, 1.54) is 95.5 Å². The van der Waals surface area contributed by atoms with Crippen LogP contribution in [0.2, 0.25) is 0 Å². The van der Waals surface area contributed by atoms with Crippen molar-refractivity contribution >= 4 is 0 Å². The zero-order chi connectivity index (χ0) is 18.3. The Bertz CT molecular complexity index is 426. The van der Waals surface area contributed by atoms with Crippen LogP contribution in [-0.4, -0.2) is 5.11 Å². The van der Waals surface area contributed by atoms with E-state index >= 15 is 0 Å². The Labute approximate surface area is 157 Å². The third kappa shape index (κ3) is 10.6. The quantitative estimate of drug-likeness (QED) is 0.319. The maximum absolute atomic E-state index is 9.83. The maximum Gasteiger partial charge on any atom is 0.121 e. The van der Waals surface area contributed by atoms with Gasteiger partial charge in [-0.3, -0.25) is 0 Å². The molecule has 144 valence electrons. The van der Waals surface area contributed by atoms with Crippen molar-refractivity contribution in [2.75, 3.05) is 0 Å². The number of hydrogen-bond acceptors (Lipinski definition) is 1. The SMILES string of the molecule is CCCCCCCCCCCCCCCCc1cc(C)c(O)c(C)c1. The monoisotopic (exact) mass is 346 g/mol. The molecule has 1 rings (SSSR count). The molecule has 0 saturated heterocycles. The van der Waals surface area contributed by atoms with Gasteiger partial charge in [0.2, 0.25) is 0 Å². The molecule has 0 radical (unpaired) electrons. The summed E-state index contributed by atoms with van der Waals surface area (Å²) < 4.78 is 0. The minimum absolute atomic E-state index is 0.463. The molecule has 0 fully saturated rings. The highest BCUT2D eigenvalue weighted by Crippen LogP contribution is 2.24. The van der Waals surface area contributed by atoms with E-state index in [2.05, 4.69) is 19.1 Å². The third-order valence-corrected chi connectivity index (χ3v) is 5.37. The van der Waals surface area contributed by atoms with Crippen molar-refractivity contribution in [3.8, 4) is 5.75 Å². The average molecular weight is 347 g/mol. The summed E-state index contributed by atoms with van der Waals surface area (Å²) in [6.07, 6.45) is 20.9. The first-order chi connectivity index (χ1) is 12.1. The highest BCUT2D eigenvalue weighted by molar-refractivity contribution is 5.42. The summed E-state index contributed by atoms with van der Waals surface area (Å²) >= 11 is 0. The van der Waals surface area contributed by atoms with Gasteiger partial charge >= 0.3 is 0 Å². The second kappa shape index (κ2) is 14.2. The van der Waals surface area contributed by atoms with Gasteiger partial charge in [0.05, 0.1) is 0 Å². The molecule has 0 aromatic heterocycles. The van der Waals surface area contributed by atoms with E-state index in [9.17, 15) is 5.11 Å². The van der Waals surface area contributed by atoms with Crippen molar-refractivity contribution in [2.45, 2.75) is 117 Å². The lowest BCUT2D eigenvalue weighted by atomic mass is 10.00. The molecule has 1 aromatic carbocycles. The Morgan fingerprint density at radius 2 is 0.960 bits per heavy atom. The molecular weight excluding hydrogens is 304 g/mol. The lowest BCUT2D eigenvalue weighted by molar-refractivity contribution is 0.466. The van der Waals surface area contributed by atoms with E-state index in [4.69, 9.17) is 0 Å². The smallest absolute Gasteiger partial charge is 0.121 e. The molecule has 0 heterocycles. The van der Waals surface area contributed by atoms with E-state index in [1.54, 1.807) is 0 Å². The summed E-state index contributed by atoms with van der Waals surface area (Å²) in [7, 11) is 0. The van der Waals surface area contributed by atoms with Gasteiger partial charge in [0.15, 0.2) is 0 Å². The molecule has 0 atom stereocenters. The topological polar surface area (TPSA) is 20.2 Å². The Morgan fingerprint density at radius 1 is 0.600 bits per heavy atom. The van der Waals surface area contributed by atoms with Crippen molar-refractivity contribution in [3.63, 3.8) is 0 Å². The molecule has 25 heavy (non-hydrogen) atoms. The summed E-state index contributed by atoms with van der Waals surface area (Å²) in [5.41, 5.74) is 3.41. The normalized spacial score (nSPS) is 11.2. The number of phenols is 1. The number of aryl methyl sites for hydroxylation is 3. The van der Waals surface area contributed by atoms with Crippen LogP contribution in [0.5, 0.6) is 5.75 Å². The molecule has 0 unspecified atom stereocenters. The van der Waals surface area contributed by atoms with Crippen LogP contribution in [-0.2, 0) is 6.42 Å². The molecule has 1 heteroatoms. The first-order valence-corrected chi connectivity index (χ1v) is 10.9. The molecule has 1 nitrogen and oxygen atoms in total. The summed E-state index contributed by atoms with van der Waals surface area (Å²) in [6.45, 7) is 6.28. The van der Waals surface area contributed by atoms with Gasteiger partial charge in [-0.15, -0.1) is 0 Å². The Hall–Kier alpha value is -0.980. The zero-order valence-electron chi connectivity index (χ0n) is 17.2. The fraction of sp³-hybridized carbons (Fsp3) is 0.750. The number of hydrogen-bond donors (Lipinski definition) is 1. The van der Waals surface area contributed by atoms with Crippen molar-refractivity contribution < 1.29 is 5.11 Å². The molecule has 0 aliphatic heterocycles. The number of benzene rings is 1. The molecule has 0 saturated carbocycles. The summed E-state index contributed by atoms with van der Waals surface area (Å²) in [4.78, 5) is 0. The van der Waals surface area contributed by atoms with Crippen LogP contribution < -0.4 is 0 Å². The molecule has 1 N–H and O–H groups in total. The van der Waals surface area contributed by atoms with Crippen LogP contribution in [0, 0.1) is 13.8 Å². The fourth-order valence-electron chi connectivity index (χ4n) is 3.71. The van der Waals surface area contributed by atoms with Crippen molar-refractivity contribution in [1.82, 2.24) is 0 Å². The van der Waals surface area contributed by atoms with Gasteiger partial charge in [0.1, 0.15) is 5.75 Å². The van der Waals surface area contributed by atoms with Gasteiger partial charge in [0, 0.05) is 0 Å².